The first kappa shape index (κ1) is 23.0. The monoisotopic (exact) mass is 471 g/mol. The van der Waals surface area contributed by atoms with Gasteiger partial charge in [0.2, 0.25) is 5.91 Å². The minimum Gasteiger partial charge on any atom is -0.379 e. The smallest absolute Gasteiger partial charge is 0.249 e. The fourth-order valence-corrected chi connectivity index (χ4v) is 4.59. The largest absolute Gasteiger partial charge is 0.379 e. The number of aliphatic imine (C=N–C) groups is 1. The number of ether oxygens (including phenoxy) is 1. The molecule has 8 nitrogen and oxygen atoms in total. The first-order valence-electron chi connectivity index (χ1n) is 12.1. The summed E-state index contributed by atoms with van der Waals surface area (Å²) in [5, 5.41) is 6.17. The van der Waals surface area contributed by atoms with Crippen molar-refractivity contribution in [1.82, 2.24) is 15.2 Å². The molecule has 1 aromatic rings. The van der Waals surface area contributed by atoms with Crippen molar-refractivity contribution in [3.05, 3.63) is 70.4 Å². The maximum Gasteiger partial charge on any atom is 0.249 e. The summed E-state index contributed by atoms with van der Waals surface area (Å²) in [5.41, 5.74) is 6.40. The van der Waals surface area contributed by atoms with Crippen molar-refractivity contribution in [1.29, 1.82) is 0 Å². The van der Waals surface area contributed by atoms with Crippen LogP contribution in [0, 0.1) is 0 Å². The molecule has 1 unspecified atom stereocenters. The number of nitrogens with zero attached hydrogens (tertiary/aromatic N) is 3. The standard InChI is InChI=1S/C27H29N5O3/c1-2-19-12-24-25(31-26(19)16-33)11-18(13-28-24)15-32-8-5-20(6-9-32)21-3-4-23(29-14-21)27(34)30-22-7-10-35-17-22/h3-5,8,11-14,22-23,31H,2,6-7,9-10,15,17H2,1H3,(H,30,34)/t22?,23-/m0/s1. The number of dihydropyridines is 1. The van der Waals surface area contributed by atoms with Crippen LogP contribution in [0.3, 0.4) is 0 Å². The van der Waals surface area contributed by atoms with Gasteiger partial charge >= 0.3 is 0 Å². The molecule has 0 aromatic carbocycles. The highest BCUT2D eigenvalue weighted by Gasteiger charge is 2.23. The molecule has 0 radical (unpaired) electrons. The molecule has 4 aliphatic heterocycles. The number of rotatable bonds is 5. The van der Waals surface area contributed by atoms with Crippen LogP contribution in [0.2, 0.25) is 0 Å². The van der Waals surface area contributed by atoms with Gasteiger partial charge in [-0.2, -0.15) is 0 Å². The first-order chi connectivity index (χ1) is 17.1. The number of anilines is 1. The average Bonchev–Trinajstić information content (AvgIpc) is 3.41. The molecule has 4 aliphatic rings. The van der Waals surface area contributed by atoms with Crippen LogP contribution in [0.25, 0.3) is 6.08 Å². The molecule has 0 spiro atoms. The first-order valence-corrected chi connectivity index (χ1v) is 12.1. The summed E-state index contributed by atoms with van der Waals surface area (Å²) in [4.78, 5) is 35.0. The van der Waals surface area contributed by atoms with Crippen molar-refractivity contribution >= 4 is 29.8 Å². The summed E-state index contributed by atoms with van der Waals surface area (Å²) < 4.78 is 5.32. The molecule has 1 aromatic heterocycles. The predicted octanol–water partition coefficient (Wildman–Crippen LogP) is 2.95. The van der Waals surface area contributed by atoms with E-state index in [1.54, 1.807) is 6.21 Å². The average molecular weight is 472 g/mol. The van der Waals surface area contributed by atoms with Crippen LogP contribution in [0.1, 0.15) is 37.4 Å². The number of carbonyl (C=O) groups excluding carboxylic acids is 2. The van der Waals surface area contributed by atoms with E-state index >= 15 is 0 Å². The maximum absolute atomic E-state index is 12.4. The van der Waals surface area contributed by atoms with Crippen LogP contribution >= 0.6 is 0 Å². The maximum atomic E-state index is 12.4. The molecule has 5 rings (SSSR count). The molecule has 180 valence electrons. The van der Waals surface area contributed by atoms with Gasteiger partial charge in [-0.25, -0.2) is 4.79 Å². The van der Waals surface area contributed by atoms with Crippen molar-refractivity contribution in [3.8, 4) is 0 Å². The van der Waals surface area contributed by atoms with Gasteiger partial charge in [0.1, 0.15) is 11.7 Å². The number of fused-ring (bicyclic) bond motifs is 1. The number of allylic oxidation sites excluding steroid dienone is 4. The lowest BCUT2D eigenvalue weighted by Gasteiger charge is -2.26. The number of amides is 1. The molecule has 35 heavy (non-hydrogen) atoms. The molecule has 0 saturated carbocycles. The second-order valence-corrected chi connectivity index (χ2v) is 9.07. The molecular weight excluding hydrogens is 442 g/mol. The number of pyridine rings is 1. The summed E-state index contributed by atoms with van der Waals surface area (Å²) >= 11 is 0. The lowest BCUT2D eigenvalue weighted by Crippen LogP contribution is -2.40. The van der Waals surface area contributed by atoms with Crippen molar-refractivity contribution in [3.63, 3.8) is 0 Å². The second-order valence-electron chi connectivity index (χ2n) is 9.07. The van der Waals surface area contributed by atoms with Crippen LogP contribution in [0.15, 0.2) is 64.1 Å². The van der Waals surface area contributed by atoms with E-state index in [4.69, 9.17) is 4.74 Å². The number of carbonyl (C=O) groups is 1. The zero-order chi connectivity index (χ0) is 24.2. The molecule has 0 bridgehead atoms. The summed E-state index contributed by atoms with van der Waals surface area (Å²) in [7, 11) is 0. The Balaban J connectivity index is 1.20. The third-order valence-electron chi connectivity index (χ3n) is 6.64. The highest BCUT2D eigenvalue weighted by molar-refractivity contribution is 5.92. The van der Waals surface area contributed by atoms with E-state index in [-0.39, 0.29) is 11.9 Å². The SMILES string of the molecule is CCC1=Cc2ncc(CN3C=CC(=C4C=C[C@@H](C(=O)NC5CCOC5)N=C4)CC3)cc2NC1=C=O. The van der Waals surface area contributed by atoms with Crippen molar-refractivity contribution < 1.29 is 14.3 Å². The van der Waals surface area contributed by atoms with E-state index in [2.05, 4.69) is 37.8 Å². The van der Waals surface area contributed by atoms with E-state index in [0.717, 1.165) is 60.4 Å². The van der Waals surface area contributed by atoms with E-state index in [9.17, 15) is 9.59 Å². The van der Waals surface area contributed by atoms with Gasteiger partial charge in [-0.05, 0) is 66.0 Å². The lowest BCUT2D eigenvalue weighted by molar-refractivity contribution is -0.122. The summed E-state index contributed by atoms with van der Waals surface area (Å²) in [6.45, 7) is 4.88. The molecule has 2 N–H and O–H groups in total. The predicted molar refractivity (Wildman–Crippen MR) is 135 cm³/mol. The van der Waals surface area contributed by atoms with Gasteiger partial charge < -0.3 is 20.3 Å². The molecule has 5 heterocycles. The third-order valence-corrected chi connectivity index (χ3v) is 6.64. The Hall–Kier alpha value is -3.74. The zero-order valence-electron chi connectivity index (χ0n) is 19.8. The van der Waals surface area contributed by atoms with Crippen molar-refractivity contribution in [2.75, 3.05) is 25.1 Å². The molecule has 2 atom stereocenters. The zero-order valence-corrected chi connectivity index (χ0v) is 19.8. The Morgan fingerprint density at radius 1 is 1.37 bits per heavy atom. The van der Waals surface area contributed by atoms with Crippen LogP contribution in [-0.2, 0) is 20.9 Å². The Morgan fingerprint density at radius 2 is 2.29 bits per heavy atom. The highest BCUT2D eigenvalue weighted by Crippen LogP contribution is 2.29. The topological polar surface area (TPSA) is 95.9 Å². The van der Waals surface area contributed by atoms with E-state index < -0.39 is 6.04 Å². The van der Waals surface area contributed by atoms with Crippen LogP contribution in [0.5, 0.6) is 0 Å². The minimum absolute atomic E-state index is 0.0762. The Labute approximate surface area is 204 Å². The molecule has 1 saturated heterocycles. The highest BCUT2D eigenvalue weighted by atomic mass is 16.5. The van der Waals surface area contributed by atoms with E-state index in [1.807, 2.05) is 43.4 Å². The van der Waals surface area contributed by atoms with Crippen LogP contribution in [0.4, 0.5) is 5.69 Å². The van der Waals surface area contributed by atoms with Crippen LogP contribution < -0.4 is 10.6 Å². The van der Waals surface area contributed by atoms with Crippen molar-refractivity contribution in [2.24, 2.45) is 4.99 Å². The molecule has 0 aliphatic carbocycles. The van der Waals surface area contributed by atoms with Gasteiger partial charge in [-0.3, -0.25) is 14.8 Å². The minimum atomic E-state index is -0.480. The van der Waals surface area contributed by atoms with Gasteiger partial charge in [0.15, 0.2) is 5.94 Å². The number of hydrogen-bond acceptors (Lipinski definition) is 7. The summed E-state index contributed by atoms with van der Waals surface area (Å²) in [5.74, 6) is 1.92. The van der Waals surface area contributed by atoms with Gasteiger partial charge in [0.25, 0.3) is 0 Å². The third kappa shape index (κ3) is 5.19. The fourth-order valence-electron chi connectivity index (χ4n) is 4.59. The lowest BCUT2D eigenvalue weighted by atomic mass is 9.99. The number of aromatic nitrogens is 1. The van der Waals surface area contributed by atoms with Gasteiger partial charge in [-0.1, -0.05) is 19.1 Å². The van der Waals surface area contributed by atoms with Gasteiger partial charge in [0, 0.05) is 32.1 Å². The Kier molecular flexibility index (Phi) is 6.75. The number of nitrogens with one attached hydrogen (secondary N) is 2. The molecule has 8 heteroatoms. The molecule has 1 fully saturated rings. The summed E-state index contributed by atoms with van der Waals surface area (Å²) in [6, 6.07) is 1.66. The normalized spacial score (nSPS) is 25.1. The molecular formula is C27H29N5O3. The van der Waals surface area contributed by atoms with Gasteiger partial charge in [0.05, 0.1) is 24.0 Å². The second kappa shape index (κ2) is 10.3. The quantitative estimate of drug-likeness (QED) is 0.641. The van der Waals surface area contributed by atoms with E-state index in [1.165, 1.54) is 5.57 Å². The number of hydrogen-bond donors (Lipinski definition) is 2. The molecule has 1 amide bonds. The van der Waals surface area contributed by atoms with Crippen molar-refractivity contribution in [2.45, 2.75) is 44.8 Å². The van der Waals surface area contributed by atoms with Gasteiger partial charge in [-0.15, -0.1) is 0 Å². The fraction of sp³-hybridized carbons (Fsp3) is 0.370. The Bertz CT molecular complexity index is 1200. The van der Waals surface area contributed by atoms with Crippen LogP contribution in [-0.4, -0.2) is 59.8 Å². The summed E-state index contributed by atoms with van der Waals surface area (Å²) in [6.07, 6.45) is 16.2. The van der Waals surface area contributed by atoms with E-state index in [0.29, 0.717) is 18.9 Å². The Morgan fingerprint density at radius 3 is 2.97 bits per heavy atom.